The minimum atomic E-state index is -0.303. The Morgan fingerprint density at radius 1 is 1.44 bits per heavy atom. The average Bonchev–Trinajstić information content (AvgIpc) is 2.42. The van der Waals surface area contributed by atoms with E-state index in [0.717, 1.165) is 0 Å². The number of benzene rings is 1. The van der Waals surface area contributed by atoms with Crippen molar-refractivity contribution in [3.63, 3.8) is 0 Å². The summed E-state index contributed by atoms with van der Waals surface area (Å²) in [5.41, 5.74) is 0.564. The smallest absolute Gasteiger partial charge is 0.131 e. The van der Waals surface area contributed by atoms with Gasteiger partial charge in [-0.25, -0.2) is 4.39 Å². The highest BCUT2D eigenvalue weighted by molar-refractivity contribution is 5.31. The van der Waals surface area contributed by atoms with Gasteiger partial charge in [-0.15, -0.1) is 0 Å². The molecule has 1 aliphatic rings. The summed E-state index contributed by atoms with van der Waals surface area (Å²) in [5.74, 6) is 0.204. The zero-order valence-electron chi connectivity index (χ0n) is 10.6. The van der Waals surface area contributed by atoms with Crippen molar-refractivity contribution in [1.82, 2.24) is 5.32 Å². The fourth-order valence-corrected chi connectivity index (χ4v) is 2.13. The van der Waals surface area contributed by atoms with Crippen LogP contribution in [0.2, 0.25) is 0 Å². The Hall–Kier alpha value is -1.17. The third-order valence-corrected chi connectivity index (χ3v) is 3.07. The molecule has 2 unspecified atom stereocenters. The number of rotatable bonds is 4. The van der Waals surface area contributed by atoms with Gasteiger partial charge in [0.25, 0.3) is 0 Å². The molecule has 2 rings (SSSR count). The third kappa shape index (κ3) is 2.80. The summed E-state index contributed by atoms with van der Waals surface area (Å²) in [5, 5.41) is 3.08. The highest BCUT2D eigenvalue weighted by Gasteiger charge is 2.27. The average molecular weight is 255 g/mol. The lowest BCUT2D eigenvalue weighted by molar-refractivity contribution is -0.102. The van der Waals surface area contributed by atoms with Gasteiger partial charge in [-0.3, -0.25) is 0 Å². The molecule has 1 heterocycles. The van der Waals surface area contributed by atoms with E-state index in [-0.39, 0.29) is 18.0 Å². The van der Waals surface area contributed by atoms with Crippen LogP contribution in [0.15, 0.2) is 18.2 Å². The summed E-state index contributed by atoms with van der Waals surface area (Å²) in [6, 6.07) is 4.61. The van der Waals surface area contributed by atoms with Crippen LogP contribution < -0.4 is 10.1 Å². The minimum absolute atomic E-state index is 0.174. The van der Waals surface area contributed by atoms with Gasteiger partial charge in [0.2, 0.25) is 0 Å². The van der Waals surface area contributed by atoms with Crippen LogP contribution in [-0.4, -0.2) is 40.1 Å². The Labute approximate surface area is 106 Å². The van der Waals surface area contributed by atoms with Gasteiger partial charge in [0.15, 0.2) is 0 Å². The predicted molar refractivity (Wildman–Crippen MR) is 65.3 cm³/mol. The molecule has 1 N–H and O–H groups in total. The van der Waals surface area contributed by atoms with Crippen LogP contribution in [0.3, 0.4) is 0 Å². The lowest BCUT2D eigenvalue weighted by atomic mass is 10.0. The van der Waals surface area contributed by atoms with E-state index in [0.29, 0.717) is 31.1 Å². The molecule has 1 fully saturated rings. The van der Waals surface area contributed by atoms with Crippen molar-refractivity contribution in [1.29, 1.82) is 0 Å². The zero-order chi connectivity index (χ0) is 13.0. The van der Waals surface area contributed by atoms with Crippen molar-refractivity contribution >= 4 is 0 Å². The van der Waals surface area contributed by atoms with Gasteiger partial charge in [-0.1, -0.05) is 6.07 Å². The Kier molecular flexibility index (Phi) is 4.52. The van der Waals surface area contributed by atoms with E-state index < -0.39 is 0 Å². The second-order valence-corrected chi connectivity index (χ2v) is 4.14. The number of halogens is 1. The first-order chi connectivity index (χ1) is 8.76. The maximum atomic E-state index is 14.0. The van der Waals surface area contributed by atoms with E-state index in [9.17, 15) is 4.39 Å². The Morgan fingerprint density at radius 3 is 2.83 bits per heavy atom. The molecule has 5 heteroatoms. The first-order valence-electron chi connectivity index (χ1n) is 5.96. The lowest BCUT2D eigenvalue weighted by Gasteiger charge is -2.30. The molecule has 1 aliphatic heterocycles. The molecular weight excluding hydrogens is 237 g/mol. The van der Waals surface area contributed by atoms with E-state index >= 15 is 0 Å². The van der Waals surface area contributed by atoms with Crippen molar-refractivity contribution < 1.29 is 18.6 Å². The van der Waals surface area contributed by atoms with Crippen molar-refractivity contribution in [2.75, 3.05) is 34.0 Å². The first kappa shape index (κ1) is 13.3. The van der Waals surface area contributed by atoms with E-state index in [1.54, 1.807) is 19.2 Å². The molecule has 0 saturated carbocycles. The standard InChI is InChI=1S/C13H18FNO3/c1-15-13(12-8-17-5-6-18-12)10-4-3-9(16-2)7-11(10)14/h3-4,7,12-13,15H,5-6,8H2,1-2H3. The SMILES string of the molecule is CNC(c1ccc(OC)cc1F)C1COCCO1. The van der Waals surface area contributed by atoms with Crippen molar-refractivity contribution in [3.8, 4) is 5.75 Å². The Morgan fingerprint density at radius 2 is 2.28 bits per heavy atom. The topological polar surface area (TPSA) is 39.7 Å². The van der Waals surface area contributed by atoms with Gasteiger partial charge >= 0.3 is 0 Å². The summed E-state index contributed by atoms with van der Waals surface area (Å²) in [6.45, 7) is 1.61. The lowest BCUT2D eigenvalue weighted by Crippen LogP contribution is -2.39. The summed E-state index contributed by atoms with van der Waals surface area (Å²) in [6.07, 6.45) is -0.174. The molecule has 1 saturated heterocycles. The monoisotopic (exact) mass is 255 g/mol. The Balaban J connectivity index is 2.20. The summed E-state index contributed by atoms with van der Waals surface area (Å²) in [7, 11) is 3.30. The highest BCUT2D eigenvalue weighted by atomic mass is 19.1. The molecule has 0 aromatic heterocycles. The van der Waals surface area contributed by atoms with E-state index in [2.05, 4.69) is 5.32 Å². The number of likely N-dealkylation sites (N-methyl/N-ethyl adjacent to an activating group) is 1. The molecule has 100 valence electrons. The van der Waals surface area contributed by atoms with Crippen molar-refractivity contribution in [2.45, 2.75) is 12.1 Å². The maximum Gasteiger partial charge on any atom is 0.131 e. The highest BCUT2D eigenvalue weighted by Crippen LogP contribution is 2.26. The molecule has 2 atom stereocenters. The molecule has 4 nitrogen and oxygen atoms in total. The first-order valence-corrected chi connectivity index (χ1v) is 5.96. The van der Waals surface area contributed by atoms with Crippen LogP contribution in [0.5, 0.6) is 5.75 Å². The number of ether oxygens (including phenoxy) is 3. The van der Waals surface area contributed by atoms with E-state index in [1.807, 2.05) is 0 Å². The quantitative estimate of drug-likeness (QED) is 0.885. The number of hydrogen-bond donors (Lipinski definition) is 1. The molecule has 1 aromatic rings. The molecule has 0 aliphatic carbocycles. The fourth-order valence-electron chi connectivity index (χ4n) is 2.13. The molecule has 0 spiro atoms. The van der Waals surface area contributed by atoms with E-state index in [1.165, 1.54) is 13.2 Å². The van der Waals surface area contributed by atoms with Crippen LogP contribution in [0, 0.1) is 5.82 Å². The zero-order valence-corrected chi connectivity index (χ0v) is 10.6. The number of hydrogen-bond acceptors (Lipinski definition) is 4. The van der Waals surface area contributed by atoms with Crippen LogP contribution in [0.25, 0.3) is 0 Å². The largest absolute Gasteiger partial charge is 0.497 e. The molecule has 0 amide bonds. The normalized spacial score (nSPS) is 21.6. The van der Waals surface area contributed by atoms with Crippen LogP contribution >= 0.6 is 0 Å². The van der Waals surface area contributed by atoms with Gasteiger partial charge in [0.05, 0.1) is 33.0 Å². The summed E-state index contributed by atoms with van der Waals surface area (Å²) < 4.78 is 30.0. The minimum Gasteiger partial charge on any atom is -0.497 e. The third-order valence-electron chi connectivity index (χ3n) is 3.07. The van der Waals surface area contributed by atoms with Gasteiger partial charge in [0.1, 0.15) is 17.7 Å². The second-order valence-electron chi connectivity index (χ2n) is 4.14. The predicted octanol–water partition coefficient (Wildman–Crippen LogP) is 1.51. The molecule has 18 heavy (non-hydrogen) atoms. The van der Waals surface area contributed by atoms with Gasteiger partial charge in [0, 0.05) is 11.6 Å². The van der Waals surface area contributed by atoms with E-state index in [4.69, 9.17) is 14.2 Å². The van der Waals surface area contributed by atoms with Crippen molar-refractivity contribution in [2.24, 2.45) is 0 Å². The summed E-state index contributed by atoms with van der Waals surface area (Å²) >= 11 is 0. The van der Waals surface area contributed by atoms with Gasteiger partial charge in [-0.05, 0) is 13.1 Å². The fraction of sp³-hybridized carbons (Fsp3) is 0.538. The van der Waals surface area contributed by atoms with Crippen LogP contribution in [-0.2, 0) is 9.47 Å². The molecule has 0 bridgehead atoms. The maximum absolute atomic E-state index is 14.0. The molecule has 0 radical (unpaired) electrons. The second kappa shape index (κ2) is 6.13. The van der Waals surface area contributed by atoms with Crippen molar-refractivity contribution in [3.05, 3.63) is 29.6 Å². The van der Waals surface area contributed by atoms with Gasteiger partial charge < -0.3 is 19.5 Å². The van der Waals surface area contributed by atoms with Crippen LogP contribution in [0.4, 0.5) is 4.39 Å². The summed E-state index contributed by atoms with van der Waals surface area (Å²) in [4.78, 5) is 0. The number of methoxy groups -OCH3 is 1. The number of nitrogens with one attached hydrogen (secondary N) is 1. The van der Waals surface area contributed by atoms with Gasteiger partial charge in [-0.2, -0.15) is 0 Å². The molecule has 1 aromatic carbocycles. The Bertz CT molecular complexity index is 394. The van der Waals surface area contributed by atoms with Crippen LogP contribution in [0.1, 0.15) is 11.6 Å². The molecular formula is C13H18FNO3.